The van der Waals surface area contributed by atoms with E-state index in [0.29, 0.717) is 5.25 Å². The molecule has 4 heteroatoms. The molecule has 1 amide bonds. The minimum absolute atomic E-state index is 0.277. The molecule has 0 spiro atoms. The third-order valence-corrected chi connectivity index (χ3v) is 3.66. The molecule has 0 saturated carbocycles. The molecule has 0 aromatic heterocycles. The van der Waals surface area contributed by atoms with Crippen molar-refractivity contribution in [1.82, 2.24) is 4.90 Å². The fourth-order valence-electron chi connectivity index (χ4n) is 1.18. The van der Waals surface area contributed by atoms with Crippen molar-refractivity contribution in [3.05, 3.63) is 0 Å². The topological polar surface area (TPSA) is 20.3 Å². The molecule has 2 unspecified atom stereocenters. The van der Waals surface area contributed by atoms with E-state index in [1.165, 1.54) is 0 Å². The fourth-order valence-corrected chi connectivity index (χ4v) is 2.52. The van der Waals surface area contributed by atoms with Crippen molar-refractivity contribution >= 4 is 28.7 Å². The molecule has 1 heterocycles. The van der Waals surface area contributed by atoms with Gasteiger partial charge in [-0.25, -0.2) is 0 Å². The van der Waals surface area contributed by atoms with Crippen LogP contribution in [0.4, 0.5) is 4.79 Å². The van der Waals surface area contributed by atoms with Gasteiger partial charge in [-0.1, -0.05) is 6.92 Å². The van der Waals surface area contributed by atoms with Gasteiger partial charge in [0.1, 0.15) is 0 Å². The van der Waals surface area contributed by atoms with E-state index in [-0.39, 0.29) is 11.4 Å². The predicted molar refractivity (Wildman–Crippen MR) is 49.3 cm³/mol. The van der Waals surface area contributed by atoms with E-state index in [2.05, 4.69) is 6.92 Å². The molecule has 1 fully saturated rings. The Morgan fingerprint density at radius 2 is 2.27 bits per heavy atom. The van der Waals surface area contributed by atoms with Crippen molar-refractivity contribution in [3.8, 4) is 0 Å². The number of rotatable bonds is 0. The third kappa shape index (κ3) is 2.03. The van der Waals surface area contributed by atoms with Gasteiger partial charge in [0.25, 0.3) is 0 Å². The molecule has 0 radical (unpaired) electrons. The molecule has 2 atom stereocenters. The van der Waals surface area contributed by atoms with Crippen LogP contribution in [0.2, 0.25) is 0 Å². The summed E-state index contributed by atoms with van der Waals surface area (Å²) < 4.78 is 0. The highest BCUT2D eigenvalue weighted by atomic mass is 35.5. The molecule has 1 aliphatic rings. The summed E-state index contributed by atoms with van der Waals surface area (Å²) >= 11 is 7.29. The molecule has 11 heavy (non-hydrogen) atoms. The Hall–Kier alpha value is 0.110. The Kier molecular flexibility index (Phi) is 3.07. The lowest BCUT2D eigenvalue weighted by Crippen LogP contribution is -2.45. The number of carbonyl (C=O) groups is 1. The van der Waals surface area contributed by atoms with Crippen molar-refractivity contribution in [3.63, 3.8) is 0 Å². The molecule has 1 rings (SSSR count). The van der Waals surface area contributed by atoms with Crippen LogP contribution in [0.1, 0.15) is 13.8 Å². The highest BCUT2D eigenvalue weighted by Crippen LogP contribution is 2.24. The number of hydrogen-bond donors (Lipinski definition) is 0. The van der Waals surface area contributed by atoms with Crippen LogP contribution in [0.15, 0.2) is 0 Å². The predicted octanol–water partition coefficient (Wildman–Crippen LogP) is 2.17. The van der Waals surface area contributed by atoms with Gasteiger partial charge in [-0.2, -0.15) is 11.8 Å². The molecule has 0 N–H and O–H groups in total. The zero-order chi connectivity index (χ0) is 8.43. The first-order valence-corrected chi connectivity index (χ1v) is 5.13. The SMILES string of the molecule is CC1SCCN(C(=O)Cl)C1C. The maximum atomic E-state index is 10.8. The van der Waals surface area contributed by atoms with E-state index in [4.69, 9.17) is 11.6 Å². The van der Waals surface area contributed by atoms with Gasteiger partial charge in [-0.3, -0.25) is 4.79 Å². The normalized spacial score (nSPS) is 32.1. The van der Waals surface area contributed by atoms with Crippen molar-refractivity contribution < 1.29 is 4.79 Å². The van der Waals surface area contributed by atoms with Crippen molar-refractivity contribution in [2.24, 2.45) is 0 Å². The van der Waals surface area contributed by atoms with Crippen LogP contribution >= 0.6 is 23.4 Å². The summed E-state index contributed by atoms with van der Waals surface area (Å²) in [6.45, 7) is 4.96. The maximum Gasteiger partial charge on any atom is 0.316 e. The molecule has 0 aliphatic carbocycles. The molecule has 1 saturated heterocycles. The van der Waals surface area contributed by atoms with E-state index in [1.807, 2.05) is 18.7 Å². The van der Waals surface area contributed by atoms with Crippen LogP contribution in [0.25, 0.3) is 0 Å². The maximum absolute atomic E-state index is 10.8. The highest BCUT2D eigenvalue weighted by Gasteiger charge is 2.27. The van der Waals surface area contributed by atoms with Gasteiger partial charge in [0.05, 0.1) is 0 Å². The summed E-state index contributed by atoms with van der Waals surface area (Å²) in [6, 6.07) is 0.277. The van der Waals surface area contributed by atoms with Gasteiger partial charge >= 0.3 is 5.37 Å². The van der Waals surface area contributed by atoms with Crippen molar-refractivity contribution in [1.29, 1.82) is 0 Å². The van der Waals surface area contributed by atoms with Gasteiger partial charge in [-0.15, -0.1) is 0 Å². The molecule has 1 aliphatic heterocycles. The largest absolute Gasteiger partial charge is 0.325 e. The first-order valence-electron chi connectivity index (χ1n) is 3.70. The van der Waals surface area contributed by atoms with E-state index in [1.54, 1.807) is 4.90 Å². The summed E-state index contributed by atoms with van der Waals surface area (Å²) in [6.07, 6.45) is 0. The summed E-state index contributed by atoms with van der Waals surface area (Å²) in [5.74, 6) is 1.00. The second-order valence-electron chi connectivity index (χ2n) is 2.76. The first-order chi connectivity index (χ1) is 5.13. The standard InChI is InChI=1S/C7H12ClNOS/c1-5-6(2)11-4-3-9(5)7(8)10/h5-6H,3-4H2,1-2H3. The van der Waals surface area contributed by atoms with Gasteiger partial charge in [0, 0.05) is 23.6 Å². The lowest BCUT2D eigenvalue weighted by molar-refractivity contribution is 0.204. The van der Waals surface area contributed by atoms with Gasteiger partial charge in [-0.05, 0) is 18.5 Å². The lowest BCUT2D eigenvalue weighted by Gasteiger charge is -2.35. The number of carbonyl (C=O) groups excluding carboxylic acids is 1. The van der Waals surface area contributed by atoms with Crippen molar-refractivity contribution in [2.45, 2.75) is 25.1 Å². The van der Waals surface area contributed by atoms with E-state index in [9.17, 15) is 4.79 Å². The lowest BCUT2D eigenvalue weighted by atomic mass is 10.2. The number of amides is 1. The molecule has 2 nitrogen and oxygen atoms in total. The number of thioether (sulfide) groups is 1. The first kappa shape index (κ1) is 9.20. The average molecular weight is 194 g/mol. The number of halogens is 1. The van der Waals surface area contributed by atoms with Gasteiger partial charge in [0.2, 0.25) is 0 Å². The summed E-state index contributed by atoms with van der Waals surface area (Å²) in [7, 11) is 0. The highest BCUT2D eigenvalue weighted by molar-refractivity contribution is 8.00. The van der Waals surface area contributed by atoms with Crippen LogP contribution in [0.3, 0.4) is 0 Å². The summed E-state index contributed by atoms with van der Waals surface area (Å²) in [5.41, 5.74) is 0. The Balaban J connectivity index is 2.58. The zero-order valence-corrected chi connectivity index (χ0v) is 8.28. The second kappa shape index (κ2) is 3.68. The molecular weight excluding hydrogens is 182 g/mol. The minimum atomic E-state index is -0.315. The smallest absolute Gasteiger partial charge is 0.316 e. The quantitative estimate of drug-likeness (QED) is 0.434. The Labute approximate surface area is 76.3 Å². The Morgan fingerprint density at radius 3 is 2.73 bits per heavy atom. The van der Waals surface area contributed by atoms with Crippen LogP contribution in [0, 0.1) is 0 Å². The molecule has 64 valence electrons. The van der Waals surface area contributed by atoms with Crippen molar-refractivity contribution in [2.75, 3.05) is 12.3 Å². The average Bonchev–Trinajstić information content (AvgIpc) is 1.94. The molecule has 0 aromatic rings. The summed E-state index contributed by atoms with van der Waals surface area (Å²) in [4.78, 5) is 12.6. The van der Waals surface area contributed by atoms with E-state index < -0.39 is 0 Å². The third-order valence-electron chi connectivity index (χ3n) is 2.11. The van der Waals surface area contributed by atoms with Crippen LogP contribution < -0.4 is 0 Å². The van der Waals surface area contributed by atoms with Crippen LogP contribution in [-0.2, 0) is 0 Å². The van der Waals surface area contributed by atoms with E-state index in [0.717, 1.165) is 12.3 Å². The van der Waals surface area contributed by atoms with E-state index >= 15 is 0 Å². The Bertz CT molecular complexity index is 165. The van der Waals surface area contributed by atoms with Crippen LogP contribution in [-0.4, -0.2) is 33.9 Å². The summed E-state index contributed by atoms with van der Waals surface area (Å²) in [5, 5.41) is 0.191. The van der Waals surface area contributed by atoms with Crippen LogP contribution in [0.5, 0.6) is 0 Å². The van der Waals surface area contributed by atoms with Gasteiger partial charge in [0.15, 0.2) is 0 Å². The second-order valence-corrected chi connectivity index (χ2v) is 4.57. The minimum Gasteiger partial charge on any atom is -0.325 e. The molecule has 0 aromatic carbocycles. The Morgan fingerprint density at radius 1 is 1.64 bits per heavy atom. The van der Waals surface area contributed by atoms with Gasteiger partial charge < -0.3 is 4.90 Å². The molecule has 0 bridgehead atoms. The molecular formula is C7H12ClNOS. The zero-order valence-electron chi connectivity index (χ0n) is 6.71. The monoisotopic (exact) mass is 193 g/mol. The fraction of sp³-hybridized carbons (Fsp3) is 0.857. The number of nitrogens with zero attached hydrogens (tertiary/aromatic N) is 1. The number of hydrogen-bond acceptors (Lipinski definition) is 2.